The van der Waals surface area contributed by atoms with Crippen molar-refractivity contribution in [2.75, 3.05) is 24.9 Å². The molecule has 0 radical (unpaired) electrons. The van der Waals surface area contributed by atoms with Gasteiger partial charge in [-0.05, 0) is 61.5 Å². The fourth-order valence-electron chi connectivity index (χ4n) is 3.11. The second kappa shape index (κ2) is 11.3. The summed E-state index contributed by atoms with van der Waals surface area (Å²) in [5, 5.41) is 23.7. The summed E-state index contributed by atoms with van der Waals surface area (Å²) < 4.78 is 10.4. The number of aromatic carboxylic acids is 1. The lowest BCUT2D eigenvalue weighted by Gasteiger charge is -2.14. The zero-order chi connectivity index (χ0) is 25.5. The van der Waals surface area contributed by atoms with Crippen LogP contribution in [0.25, 0.3) is 0 Å². The highest BCUT2D eigenvalue weighted by Crippen LogP contribution is 2.30. The van der Waals surface area contributed by atoms with Crippen LogP contribution in [0.1, 0.15) is 27.6 Å². The Kier molecular flexibility index (Phi) is 8.21. The minimum atomic E-state index is -1.30. The highest BCUT2D eigenvalue weighted by atomic mass is 32.2. The van der Waals surface area contributed by atoms with Crippen molar-refractivity contribution >= 4 is 40.9 Å². The molecule has 0 aliphatic carbocycles. The second-order valence-corrected chi connectivity index (χ2v) is 8.75. The molecular weight excluding hydrogens is 472 g/mol. The summed E-state index contributed by atoms with van der Waals surface area (Å²) in [7, 11) is 3.00. The number of hydrogen-bond donors (Lipinski definition) is 4. The Morgan fingerprint density at radius 3 is 2.29 bits per heavy atom. The van der Waals surface area contributed by atoms with Crippen molar-refractivity contribution in [1.82, 2.24) is 0 Å². The highest BCUT2D eigenvalue weighted by molar-refractivity contribution is 8.00. The molecule has 0 fully saturated rings. The first-order valence-electron chi connectivity index (χ1n) is 10.4. The normalized spacial score (nSPS) is 11.3. The van der Waals surface area contributed by atoms with Gasteiger partial charge in [0.25, 0.3) is 5.91 Å². The molecule has 0 aliphatic rings. The molecule has 0 saturated carbocycles. The van der Waals surface area contributed by atoms with Crippen molar-refractivity contribution in [2.45, 2.75) is 17.1 Å². The van der Waals surface area contributed by atoms with E-state index in [4.69, 9.17) is 14.6 Å². The molecule has 0 spiro atoms. The van der Waals surface area contributed by atoms with Gasteiger partial charge >= 0.3 is 5.97 Å². The molecule has 1 unspecified atom stereocenters. The fourth-order valence-corrected chi connectivity index (χ4v) is 4.04. The summed E-state index contributed by atoms with van der Waals surface area (Å²) >= 11 is 1.27. The molecule has 3 aromatic rings. The van der Waals surface area contributed by atoms with E-state index >= 15 is 0 Å². The molecule has 2 amide bonds. The van der Waals surface area contributed by atoms with Gasteiger partial charge < -0.3 is 30.3 Å². The third-order valence-corrected chi connectivity index (χ3v) is 6.01. The average molecular weight is 497 g/mol. The maximum Gasteiger partial charge on any atom is 0.339 e. The number of carbonyl (C=O) groups excluding carboxylic acids is 2. The lowest BCUT2D eigenvalue weighted by atomic mass is 10.2. The Hall–Kier alpha value is -4.18. The molecule has 0 heterocycles. The number of methoxy groups -OCH3 is 2. The predicted octanol–water partition coefficient (Wildman–Crippen LogP) is 4.48. The highest BCUT2D eigenvalue weighted by Gasteiger charge is 2.17. The lowest BCUT2D eigenvalue weighted by molar-refractivity contribution is -0.115. The van der Waals surface area contributed by atoms with Gasteiger partial charge in [-0.15, -0.1) is 11.8 Å². The molecule has 3 rings (SSSR count). The van der Waals surface area contributed by atoms with Gasteiger partial charge in [-0.2, -0.15) is 0 Å². The monoisotopic (exact) mass is 496 g/mol. The second-order valence-electron chi connectivity index (χ2n) is 7.34. The maximum atomic E-state index is 12.7. The largest absolute Gasteiger partial charge is 0.507 e. The Morgan fingerprint density at radius 2 is 1.60 bits per heavy atom. The number of amides is 2. The van der Waals surface area contributed by atoms with E-state index in [0.717, 1.165) is 4.90 Å². The number of hydrogen-bond acceptors (Lipinski definition) is 7. The zero-order valence-electron chi connectivity index (χ0n) is 19.2. The minimum absolute atomic E-state index is 0.258. The van der Waals surface area contributed by atoms with E-state index in [0.29, 0.717) is 22.7 Å². The van der Waals surface area contributed by atoms with Crippen LogP contribution >= 0.6 is 11.8 Å². The molecule has 9 nitrogen and oxygen atoms in total. The van der Waals surface area contributed by atoms with Crippen LogP contribution in [0, 0.1) is 0 Å². The third-order valence-electron chi connectivity index (χ3n) is 4.91. The van der Waals surface area contributed by atoms with Crippen molar-refractivity contribution in [2.24, 2.45) is 0 Å². The molecule has 35 heavy (non-hydrogen) atoms. The van der Waals surface area contributed by atoms with E-state index in [1.165, 1.54) is 44.2 Å². The zero-order valence-corrected chi connectivity index (χ0v) is 20.0. The standard InChI is InChI=1S/C25H24N2O7S/c1-14(23(29)26-17-8-9-20(28)19(13-17)25(31)32)35-18-6-4-5-16(12-18)27-24(30)15-7-10-21(33-2)22(11-15)34-3/h4-14,28H,1-3H3,(H,26,29)(H,27,30)(H,31,32). The number of carboxylic acids is 1. The lowest BCUT2D eigenvalue weighted by Crippen LogP contribution is -2.22. The number of carbonyl (C=O) groups is 3. The van der Waals surface area contributed by atoms with Crippen molar-refractivity contribution in [3.8, 4) is 17.2 Å². The van der Waals surface area contributed by atoms with E-state index in [2.05, 4.69) is 10.6 Å². The van der Waals surface area contributed by atoms with Crippen molar-refractivity contribution in [1.29, 1.82) is 0 Å². The first-order chi connectivity index (χ1) is 16.7. The number of phenols is 1. The molecule has 10 heteroatoms. The molecule has 0 aliphatic heterocycles. The van der Waals surface area contributed by atoms with Crippen molar-refractivity contribution in [3.05, 3.63) is 71.8 Å². The van der Waals surface area contributed by atoms with Gasteiger partial charge in [0.1, 0.15) is 11.3 Å². The summed E-state index contributed by atoms with van der Waals surface area (Å²) in [6, 6.07) is 15.7. The van der Waals surface area contributed by atoms with Gasteiger partial charge in [-0.1, -0.05) is 6.07 Å². The molecule has 182 valence electrons. The SMILES string of the molecule is COc1ccc(C(=O)Nc2cccc(SC(C)C(=O)Nc3ccc(O)c(C(=O)O)c3)c2)cc1OC. The quantitative estimate of drug-likeness (QED) is 0.252. The summed E-state index contributed by atoms with van der Waals surface area (Å²) in [6.45, 7) is 1.70. The van der Waals surface area contributed by atoms with Gasteiger partial charge in [0.2, 0.25) is 5.91 Å². The van der Waals surface area contributed by atoms with Crippen LogP contribution in [0.3, 0.4) is 0 Å². The van der Waals surface area contributed by atoms with Crippen LogP contribution in [0.4, 0.5) is 11.4 Å². The Bertz CT molecular complexity index is 1260. The average Bonchev–Trinajstić information content (AvgIpc) is 2.84. The fraction of sp³-hybridized carbons (Fsp3) is 0.160. The number of rotatable bonds is 9. The van der Waals surface area contributed by atoms with Crippen LogP contribution in [-0.2, 0) is 4.79 Å². The number of aromatic hydroxyl groups is 1. The Labute approximate surface area is 206 Å². The topological polar surface area (TPSA) is 134 Å². The summed E-state index contributed by atoms with van der Waals surface area (Å²) in [5.41, 5.74) is 0.893. The number of carboxylic acid groups (broad SMARTS) is 1. The van der Waals surface area contributed by atoms with E-state index in [9.17, 15) is 19.5 Å². The van der Waals surface area contributed by atoms with Crippen LogP contribution in [-0.4, -0.2) is 47.5 Å². The number of nitrogens with one attached hydrogen (secondary N) is 2. The molecular formula is C25H24N2O7S. The summed E-state index contributed by atoms with van der Waals surface area (Å²) in [4.78, 5) is 37.2. The van der Waals surface area contributed by atoms with Crippen LogP contribution < -0.4 is 20.1 Å². The van der Waals surface area contributed by atoms with E-state index in [-0.39, 0.29) is 28.8 Å². The molecule has 0 bridgehead atoms. The van der Waals surface area contributed by atoms with Gasteiger partial charge in [0.05, 0.1) is 19.5 Å². The van der Waals surface area contributed by atoms with Crippen molar-refractivity contribution < 1.29 is 34.1 Å². The van der Waals surface area contributed by atoms with E-state index in [1.807, 2.05) is 6.07 Å². The smallest absolute Gasteiger partial charge is 0.339 e. The first-order valence-corrected chi connectivity index (χ1v) is 11.3. The van der Waals surface area contributed by atoms with E-state index < -0.39 is 11.2 Å². The van der Waals surface area contributed by atoms with Gasteiger partial charge in [-0.3, -0.25) is 9.59 Å². The molecule has 0 saturated heterocycles. The summed E-state index contributed by atoms with van der Waals surface area (Å²) in [5.74, 6) is -1.41. The molecule has 0 aromatic heterocycles. The first kappa shape index (κ1) is 25.4. The van der Waals surface area contributed by atoms with Crippen LogP contribution in [0.5, 0.6) is 17.2 Å². The van der Waals surface area contributed by atoms with Crippen molar-refractivity contribution in [3.63, 3.8) is 0 Å². The Balaban J connectivity index is 1.65. The van der Waals surface area contributed by atoms with Gasteiger partial charge in [0.15, 0.2) is 11.5 Å². The van der Waals surface area contributed by atoms with Crippen LogP contribution in [0.15, 0.2) is 65.6 Å². The minimum Gasteiger partial charge on any atom is -0.507 e. The predicted molar refractivity (Wildman–Crippen MR) is 133 cm³/mol. The van der Waals surface area contributed by atoms with Crippen LogP contribution in [0.2, 0.25) is 0 Å². The maximum absolute atomic E-state index is 12.7. The number of anilines is 2. The molecule has 1 atom stereocenters. The molecule has 4 N–H and O–H groups in total. The molecule has 3 aromatic carbocycles. The number of benzene rings is 3. The van der Waals surface area contributed by atoms with E-state index in [1.54, 1.807) is 43.3 Å². The van der Waals surface area contributed by atoms with Gasteiger partial charge in [0, 0.05) is 21.8 Å². The summed E-state index contributed by atoms with van der Waals surface area (Å²) in [6.07, 6.45) is 0. The number of thioether (sulfide) groups is 1. The number of ether oxygens (including phenoxy) is 2. The Morgan fingerprint density at radius 1 is 0.886 bits per heavy atom. The third kappa shape index (κ3) is 6.45. The van der Waals surface area contributed by atoms with Gasteiger partial charge in [-0.25, -0.2) is 4.79 Å².